The first-order valence-corrected chi connectivity index (χ1v) is 6.56. The first-order chi connectivity index (χ1) is 8.50. The predicted molar refractivity (Wildman–Crippen MR) is 73.2 cm³/mol. The van der Waals surface area contributed by atoms with Gasteiger partial charge < -0.3 is 14.6 Å². The minimum Gasteiger partial charge on any atom is -0.490 e. The molecule has 0 aliphatic carbocycles. The molecule has 1 atom stereocenters. The minimum atomic E-state index is -0.522. The van der Waals surface area contributed by atoms with Gasteiger partial charge in [0.1, 0.15) is 12.4 Å². The second-order valence-corrected chi connectivity index (χ2v) is 5.09. The summed E-state index contributed by atoms with van der Waals surface area (Å²) in [4.78, 5) is 0. The van der Waals surface area contributed by atoms with Crippen LogP contribution in [0.4, 0.5) is 0 Å². The summed E-state index contributed by atoms with van der Waals surface area (Å²) in [5.41, 5.74) is 0.781. The van der Waals surface area contributed by atoms with E-state index in [9.17, 15) is 5.11 Å². The summed E-state index contributed by atoms with van der Waals surface area (Å²) < 4.78 is 10.9. The van der Waals surface area contributed by atoms with Gasteiger partial charge in [-0.3, -0.25) is 0 Å². The summed E-state index contributed by atoms with van der Waals surface area (Å²) in [7, 11) is 0. The molecule has 4 heteroatoms. The Morgan fingerprint density at radius 1 is 1.22 bits per heavy atom. The number of aliphatic hydroxyl groups is 1. The third-order valence-electron chi connectivity index (χ3n) is 2.37. The number of hydrogen-bond donors (Lipinski definition) is 1. The molecule has 1 N–H and O–H groups in total. The Bertz CT molecular complexity index is 364. The predicted octanol–water partition coefficient (Wildman–Crippen LogP) is 3.44. The first kappa shape index (κ1) is 15.3. The Labute approximate surface area is 114 Å². The van der Waals surface area contributed by atoms with E-state index in [-0.39, 0.29) is 0 Å². The molecule has 0 spiro atoms. The largest absolute Gasteiger partial charge is 0.490 e. The molecule has 1 rings (SSSR count). The second kappa shape index (κ2) is 7.62. The van der Waals surface area contributed by atoms with Gasteiger partial charge in [-0.2, -0.15) is 0 Å². The lowest BCUT2D eigenvalue weighted by Crippen LogP contribution is -2.10. The van der Waals surface area contributed by atoms with E-state index in [2.05, 4.69) is 13.8 Å². The lowest BCUT2D eigenvalue weighted by Gasteiger charge is -2.11. The van der Waals surface area contributed by atoms with E-state index in [4.69, 9.17) is 21.1 Å². The number of benzene rings is 1. The van der Waals surface area contributed by atoms with Crippen molar-refractivity contribution < 1.29 is 14.6 Å². The van der Waals surface area contributed by atoms with E-state index in [1.165, 1.54) is 0 Å². The van der Waals surface area contributed by atoms with Crippen LogP contribution >= 0.6 is 11.6 Å². The molecular weight excluding hydrogens is 252 g/mol. The molecule has 102 valence electrons. The van der Waals surface area contributed by atoms with E-state index in [1.54, 1.807) is 25.1 Å². The van der Waals surface area contributed by atoms with Gasteiger partial charge in [0.05, 0.1) is 17.7 Å². The summed E-state index contributed by atoms with van der Waals surface area (Å²) in [6.45, 7) is 7.66. The van der Waals surface area contributed by atoms with Gasteiger partial charge in [0.15, 0.2) is 0 Å². The molecule has 1 aromatic rings. The molecule has 0 unspecified atom stereocenters. The van der Waals surface area contributed by atoms with Crippen molar-refractivity contribution in [2.75, 3.05) is 19.8 Å². The topological polar surface area (TPSA) is 38.7 Å². The fourth-order valence-corrected chi connectivity index (χ4v) is 1.67. The average Bonchev–Trinajstić information content (AvgIpc) is 2.29. The van der Waals surface area contributed by atoms with E-state index in [0.717, 1.165) is 12.2 Å². The maximum Gasteiger partial charge on any atom is 0.138 e. The van der Waals surface area contributed by atoms with E-state index in [1.807, 2.05) is 0 Å². The van der Waals surface area contributed by atoms with Gasteiger partial charge in [-0.15, -0.1) is 0 Å². The molecule has 0 heterocycles. The lowest BCUT2D eigenvalue weighted by molar-refractivity contribution is 0.0819. The minimum absolute atomic E-state index is 0.473. The maximum atomic E-state index is 9.42. The van der Waals surface area contributed by atoms with Gasteiger partial charge in [-0.05, 0) is 30.5 Å². The summed E-state index contributed by atoms with van der Waals surface area (Å²) in [6, 6.07) is 5.30. The fourth-order valence-electron chi connectivity index (χ4n) is 1.42. The standard InChI is InChI=1S/C14H21ClO3/c1-10(2)9-17-6-7-18-14-5-4-12(11(3)16)8-13(14)15/h4-5,8,10-11,16H,6-7,9H2,1-3H3/t11-/m0/s1. The highest BCUT2D eigenvalue weighted by molar-refractivity contribution is 6.32. The zero-order chi connectivity index (χ0) is 13.5. The van der Waals surface area contributed by atoms with Crippen LogP contribution in [0, 0.1) is 5.92 Å². The van der Waals surface area contributed by atoms with Crippen molar-refractivity contribution >= 4 is 11.6 Å². The summed E-state index contributed by atoms with van der Waals surface area (Å²) in [5, 5.41) is 9.93. The molecule has 3 nitrogen and oxygen atoms in total. The third kappa shape index (κ3) is 5.25. The molecule has 0 bridgehead atoms. The van der Waals surface area contributed by atoms with Gasteiger partial charge in [0, 0.05) is 6.61 Å². The fraction of sp³-hybridized carbons (Fsp3) is 0.571. The summed E-state index contributed by atoms with van der Waals surface area (Å²) >= 11 is 6.06. The van der Waals surface area contributed by atoms with Crippen LogP contribution in [0.3, 0.4) is 0 Å². The quantitative estimate of drug-likeness (QED) is 0.773. The lowest BCUT2D eigenvalue weighted by atomic mass is 10.1. The number of rotatable bonds is 7. The Morgan fingerprint density at radius 3 is 2.50 bits per heavy atom. The molecule has 0 aromatic heterocycles. The van der Waals surface area contributed by atoms with E-state index in [0.29, 0.717) is 29.9 Å². The van der Waals surface area contributed by atoms with Crippen LogP contribution in [0.15, 0.2) is 18.2 Å². The molecule has 0 fully saturated rings. The van der Waals surface area contributed by atoms with E-state index < -0.39 is 6.10 Å². The molecule has 1 aromatic carbocycles. The second-order valence-electron chi connectivity index (χ2n) is 4.68. The Hall–Kier alpha value is -0.770. The smallest absolute Gasteiger partial charge is 0.138 e. The number of ether oxygens (including phenoxy) is 2. The average molecular weight is 273 g/mol. The number of hydrogen-bond acceptors (Lipinski definition) is 3. The van der Waals surface area contributed by atoms with Crippen LogP contribution < -0.4 is 4.74 Å². The van der Waals surface area contributed by atoms with E-state index >= 15 is 0 Å². The number of aliphatic hydroxyl groups excluding tert-OH is 1. The van der Waals surface area contributed by atoms with Crippen LogP contribution in [0.1, 0.15) is 32.4 Å². The Balaban J connectivity index is 2.39. The van der Waals surface area contributed by atoms with Crippen LogP contribution in [0.5, 0.6) is 5.75 Å². The van der Waals surface area contributed by atoms with Gasteiger partial charge in [0.2, 0.25) is 0 Å². The molecule has 0 saturated heterocycles. The maximum absolute atomic E-state index is 9.42. The van der Waals surface area contributed by atoms with Crippen molar-refractivity contribution in [3.8, 4) is 5.75 Å². The molecule has 0 amide bonds. The third-order valence-corrected chi connectivity index (χ3v) is 2.67. The van der Waals surface area contributed by atoms with Crippen LogP contribution in [-0.4, -0.2) is 24.9 Å². The van der Waals surface area contributed by atoms with Gasteiger partial charge in [0.25, 0.3) is 0 Å². The van der Waals surface area contributed by atoms with Crippen molar-refractivity contribution in [3.05, 3.63) is 28.8 Å². The summed E-state index contributed by atoms with van der Waals surface area (Å²) in [6.07, 6.45) is -0.522. The monoisotopic (exact) mass is 272 g/mol. The molecule has 0 aliphatic rings. The van der Waals surface area contributed by atoms with Gasteiger partial charge in [-0.1, -0.05) is 31.5 Å². The highest BCUT2D eigenvalue weighted by Gasteiger charge is 2.06. The first-order valence-electron chi connectivity index (χ1n) is 6.18. The van der Waals surface area contributed by atoms with Crippen molar-refractivity contribution in [1.29, 1.82) is 0 Å². The van der Waals surface area contributed by atoms with Crippen molar-refractivity contribution in [2.24, 2.45) is 5.92 Å². The number of halogens is 1. The molecule has 0 radical (unpaired) electrons. The molecule has 18 heavy (non-hydrogen) atoms. The zero-order valence-electron chi connectivity index (χ0n) is 11.1. The highest BCUT2D eigenvalue weighted by atomic mass is 35.5. The Morgan fingerprint density at radius 2 is 1.94 bits per heavy atom. The van der Waals surface area contributed by atoms with Gasteiger partial charge in [-0.25, -0.2) is 0 Å². The Kier molecular flexibility index (Phi) is 6.47. The highest BCUT2D eigenvalue weighted by Crippen LogP contribution is 2.27. The van der Waals surface area contributed by atoms with Crippen molar-refractivity contribution in [2.45, 2.75) is 26.9 Å². The van der Waals surface area contributed by atoms with Crippen molar-refractivity contribution in [1.82, 2.24) is 0 Å². The normalized spacial score (nSPS) is 12.8. The zero-order valence-corrected chi connectivity index (χ0v) is 11.9. The molecular formula is C14H21ClO3. The van der Waals surface area contributed by atoms with Crippen LogP contribution in [0.25, 0.3) is 0 Å². The SMILES string of the molecule is CC(C)COCCOc1ccc([C@H](C)O)cc1Cl. The van der Waals surface area contributed by atoms with Gasteiger partial charge >= 0.3 is 0 Å². The molecule has 0 aliphatic heterocycles. The van der Waals surface area contributed by atoms with Crippen molar-refractivity contribution in [3.63, 3.8) is 0 Å². The summed E-state index contributed by atoms with van der Waals surface area (Å²) in [5.74, 6) is 1.15. The van der Waals surface area contributed by atoms with Crippen LogP contribution in [0.2, 0.25) is 5.02 Å². The molecule has 0 saturated carbocycles. The van der Waals surface area contributed by atoms with Crippen LogP contribution in [-0.2, 0) is 4.74 Å².